The van der Waals surface area contributed by atoms with Crippen LogP contribution in [0.1, 0.15) is 27.0 Å². The number of Topliss-reactive ketones (excluding diaryl/α,β-unsaturated/α-hetero) is 1. The van der Waals surface area contributed by atoms with Gasteiger partial charge in [-0.15, -0.1) is 0 Å². The topological polar surface area (TPSA) is 17.1 Å². The molecule has 0 heterocycles. The number of carbonyl (C=O) groups is 1. The van der Waals surface area contributed by atoms with Crippen molar-refractivity contribution in [2.75, 3.05) is 0 Å². The number of carbonyl (C=O) groups excluding carboxylic acids is 1. The first-order chi connectivity index (χ1) is 11.8. The van der Waals surface area contributed by atoms with Gasteiger partial charge in [0, 0.05) is 0 Å². The van der Waals surface area contributed by atoms with Crippen molar-refractivity contribution in [2.45, 2.75) is 25.2 Å². The molecule has 0 radical (unpaired) electrons. The number of halogens is 2. The standard InChI is InChI=1S/C21H20I2OTe/c1-14-11-15(2)21(16(3)12-14)19(24)13-25(22,23)20-10-6-8-17-7-4-5-9-18(17)20/h4-12H,13H2,1-3H3. The third kappa shape index (κ3) is 4.23. The van der Waals surface area contributed by atoms with Crippen LogP contribution in [0.3, 0.4) is 0 Å². The Kier molecular flexibility index (Phi) is 6.14. The molecule has 0 amide bonds. The van der Waals surface area contributed by atoms with Gasteiger partial charge >= 0.3 is 175 Å². The zero-order chi connectivity index (χ0) is 18.2. The molecule has 0 aliphatic rings. The van der Waals surface area contributed by atoms with Crippen LogP contribution in [0.5, 0.6) is 0 Å². The van der Waals surface area contributed by atoms with E-state index in [1.165, 1.54) is 19.9 Å². The zero-order valence-electron chi connectivity index (χ0n) is 14.5. The number of fused-ring (bicyclic) bond motifs is 1. The van der Waals surface area contributed by atoms with Crippen LogP contribution in [0, 0.1) is 20.8 Å². The van der Waals surface area contributed by atoms with E-state index in [9.17, 15) is 4.79 Å². The summed E-state index contributed by atoms with van der Waals surface area (Å²) in [5.74, 6) is 0.299. The molecule has 1 nitrogen and oxygen atoms in total. The molecular formula is C21H20I2OTe. The first-order valence-corrected chi connectivity index (χ1v) is 24.5. The molecule has 0 fully saturated rings. The SMILES string of the molecule is Cc1cc(C)c(C(=O)C[Te](I)(I)c2cccc3ccccc23)c(C)c1. The molecule has 0 aromatic heterocycles. The van der Waals surface area contributed by atoms with Gasteiger partial charge in [0.05, 0.1) is 0 Å². The average Bonchev–Trinajstić information content (AvgIpc) is 2.52. The average molecular weight is 670 g/mol. The Morgan fingerprint density at radius 3 is 2.20 bits per heavy atom. The normalized spacial score (nSPS) is 12.4. The predicted octanol–water partition coefficient (Wildman–Crippen LogP) is 6.17. The summed E-state index contributed by atoms with van der Waals surface area (Å²) in [5, 5.41) is 2.57. The van der Waals surface area contributed by atoms with Crippen molar-refractivity contribution in [2.24, 2.45) is 0 Å². The summed E-state index contributed by atoms with van der Waals surface area (Å²) in [6.45, 7) is 6.20. The van der Waals surface area contributed by atoms with E-state index in [2.05, 4.69) is 113 Å². The van der Waals surface area contributed by atoms with E-state index in [0.717, 1.165) is 16.7 Å². The van der Waals surface area contributed by atoms with Crippen molar-refractivity contribution in [1.82, 2.24) is 0 Å². The van der Waals surface area contributed by atoms with E-state index < -0.39 is 10.3 Å². The van der Waals surface area contributed by atoms with Crippen LogP contribution < -0.4 is 3.61 Å². The molecule has 0 aliphatic carbocycles. The molecule has 0 saturated carbocycles. The first kappa shape index (κ1) is 19.6. The Hall–Kier alpha value is -0.160. The quantitative estimate of drug-likeness (QED) is 0.185. The fraction of sp³-hybridized carbons (Fsp3) is 0.190. The molecule has 0 unspecified atom stereocenters. The van der Waals surface area contributed by atoms with E-state index in [1.54, 1.807) is 0 Å². The van der Waals surface area contributed by atoms with Crippen LogP contribution >= 0.6 is 37.4 Å². The maximum absolute atomic E-state index is 13.2. The molecule has 0 aliphatic heterocycles. The Balaban J connectivity index is 2.00. The van der Waals surface area contributed by atoms with Crippen molar-refractivity contribution < 1.29 is 4.79 Å². The number of benzene rings is 3. The van der Waals surface area contributed by atoms with Gasteiger partial charge < -0.3 is 0 Å². The summed E-state index contributed by atoms with van der Waals surface area (Å²) >= 11 is 5.24. The van der Waals surface area contributed by atoms with Crippen LogP contribution in [-0.2, 0) is 0 Å². The summed E-state index contributed by atoms with van der Waals surface area (Å²) in [7, 11) is -2.58. The van der Waals surface area contributed by atoms with Gasteiger partial charge in [0.2, 0.25) is 0 Å². The van der Waals surface area contributed by atoms with Crippen LogP contribution in [0.2, 0.25) is 4.47 Å². The third-order valence-electron chi connectivity index (χ3n) is 4.34. The Bertz CT molecular complexity index is 935. The summed E-state index contributed by atoms with van der Waals surface area (Å²) in [6.07, 6.45) is 0. The van der Waals surface area contributed by atoms with Crippen molar-refractivity contribution in [3.63, 3.8) is 0 Å². The molecule has 3 aromatic rings. The predicted molar refractivity (Wildman–Crippen MR) is 127 cm³/mol. The zero-order valence-corrected chi connectivity index (χ0v) is 21.1. The number of hydrogen-bond donors (Lipinski definition) is 0. The summed E-state index contributed by atoms with van der Waals surface area (Å²) in [5.41, 5.74) is 4.35. The minimum atomic E-state index is -2.58. The van der Waals surface area contributed by atoms with E-state index in [-0.39, 0.29) is 0 Å². The van der Waals surface area contributed by atoms with Gasteiger partial charge in [-0.25, -0.2) is 0 Å². The minimum absolute atomic E-state index is 0.299. The fourth-order valence-corrected chi connectivity index (χ4v) is 16.4. The van der Waals surface area contributed by atoms with Gasteiger partial charge in [-0.1, -0.05) is 0 Å². The number of rotatable bonds is 4. The molecule has 0 N–H and O–H groups in total. The van der Waals surface area contributed by atoms with Gasteiger partial charge in [-0.3, -0.25) is 0 Å². The van der Waals surface area contributed by atoms with Crippen LogP contribution in [0.25, 0.3) is 10.8 Å². The molecule has 3 aromatic carbocycles. The van der Waals surface area contributed by atoms with E-state index in [4.69, 9.17) is 0 Å². The van der Waals surface area contributed by atoms with Gasteiger partial charge in [-0.2, -0.15) is 0 Å². The summed E-state index contributed by atoms with van der Waals surface area (Å²) in [6, 6.07) is 19.3. The second-order valence-electron chi connectivity index (χ2n) is 6.39. The number of ketones is 1. The molecular weight excluding hydrogens is 650 g/mol. The third-order valence-corrected chi connectivity index (χ3v) is 19.5. The van der Waals surface area contributed by atoms with Crippen LogP contribution in [0.4, 0.5) is 0 Å². The Morgan fingerprint density at radius 1 is 0.920 bits per heavy atom. The number of hydrogen-bond acceptors (Lipinski definition) is 1. The second-order valence-corrected chi connectivity index (χ2v) is 43.2. The molecule has 0 saturated heterocycles. The van der Waals surface area contributed by atoms with Crippen molar-refractivity contribution >= 4 is 67.8 Å². The second kappa shape index (κ2) is 7.84. The maximum atomic E-state index is 13.2. The molecule has 4 heteroatoms. The Labute approximate surface area is 172 Å². The van der Waals surface area contributed by atoms with Crippen molar-refractivity contribution in [3.05, 3.63) is 76.9 Å². The van der Waals surface area contributed by atoms with Gasteiger partial charge in [0.25, 0.3) is 0 Å². The van der Waals surface area contributed by atoms with Crippen molar-refractivity contribution in [1.29, 1.82) is 0 Å². The summed E-state index contributed by atoms with van der Waals surface area (Å²) < 4.78 is 2.07. The van der Waals surface area contributed by atoms with Gasteiger partial charge in [0.15, 0.2) is 0 Å². The van der Waals surface area contributed by atoms with E-state index >= 15 is 0 Å². The number of aryl methyl sites for hydroxylation is 3. The molecule has 0 bridgehead atoms. The molecule has 25 heavy (non-hydrogen) atoms. The van der Waals surface area contributed by atoms with Crippen LogP contribution in [-0.4, -0.2) is 16.1 Å². The van der Waals surface area contributed by atoms with Crippen LogP contribution in [0.15, 0.2) is 54.6 Å². The molecule has 3 rings (SSSR count). The molecule has 0 spiro atoms. The van der Waals surface area contributed by atoms with E-state index in [1.807, 2.05) is 0 Å². The van der Waals surface area contributed by atoms with Crippen molar-refractivity contribution in [3.8, 4) is 0 Å². The molecule has 0 atom stereocenters. The Morgan fingerprint density at radius 2 is 1.52 bits per heavy atom. The van der Waals surface area contributed by atoms with Gasteiger partial charge in [0.1, 0.15) is 0 Å². The fourth-order valence-electron chi connectivity index (χ4n) is 3.39. The molecule has 130 valence electrons. The summed E-state index contributed by atoms with van der Waals surface area (Å²) in [4.78, 5) is 13.2. The first-order valence-electron chi connectivity index (χ1n) is 8.09. The van der Waals surface area contributed by atoms with E-state index in [0.29, 0.717) is 10.3 Å². The van der Waals surface area contributed by atoms with Gasteiger partial charge in [-0.05, 0) is 0 Å². The monoisotopic (exact) mass is 672 g/mol.